The second-order valence-electron chi connectivity index (χ2n) is 7.70. The Kier molecular flexibility index (Phi) is 8.83. The Hall–Kier alpha value is -2.48. The molecule has 0 bridgehead atoms. The number of carbonyl (C=O) groups is 1. The summed E-state index contributed by atoms with van der Waals surface area (Å²) in [5, 5.41) is 3.55. The van der Waals surface area contributed by atoms with Gasteiger partial charge in [-0.15, -0.1) is 0 Å². The van der Waals surface area contributed by atoms with Crippen molar-refractivity contribution < 1.29 is 13.2 Å². The number of halogens is 1. The minimum absolute atomic E-state index is 0.149. The molecule has 3 aromatic carbocycles. The number of rotatable bonds is 10. The number of nitrogens with one attached hydrogen (secondary N) is 1. The van der Waals surface area contributed by atoms with Crippen LogP contribution >= 0.6 is 23.4 Å². The molecule has 174 valence electrons. The Labute approximate surface area is 205 Å². The highest BCUT2D eigenvalue weighted by atomic mass is 35.5. The molecule has 0 saturated carbocycles. The second-order valence-corrected chi connectivity index (χ2v) is 11.1. The summed E-state index contributed by atoms with van der Waals surface area (Å²) in [5.41, 5.74) is 3.49. The summed E-state index contributed by atoms with van der Waals surface area (Å²) in [6.45, 7) is 3.97. The van der Waals surface area contributed by atoms with Gasteiger partial charge in [-0.05, 0) is 66.9 Å². The zero-order chi connectivity index (χ0) is 23.8. The highest BCUT2D eigenvalue weighted by Gasteiger charge is 2.27. The molecule has 0 heterocycles. The Morgan fingerprint density at radius 3 is 2.24 bits per heavy atom. The summed E-state index contributed by atoms with van der Waals surface area (Å²) in [6.07, 6.45) is 0. The lowest BCUT2D eigenvalue weighted by atomic mass is 10.1. The van der Waals surface area contributed by atoms with E-state index in [4.69, 9.17) is 11.6 Å². The highest BCUT2D eigenvalue weighted by Crippen LogP contribution is 2.25. The number of anilines is 1. The molecule has 0 aromatic heterocycles. The minimum Gasteiger partial charge on any atom is -0.354 e. The summed E-state index contributed by atoms with van der Waals surface area (Å²) >= 11 is 7.59. The molecule has 1 amide bonds. The van der Waals surface area contributed by atoms with Crippen molar-refractivity contribution in [3.05, 3.63) is 94.5 Å². The summed E-state index contributed by atoms with van der Waals surface area (Å²) in [5.74, 6) is 1.17. The van der Waals surface area contributed by atoms with E-state index in [2.05, 4.69) is 5.32 Å². The van der Waals surface area contributed by atoms with Crippen molar-refractivity contribution in [2.75, 3.05) is 23.1 Å². The number of hydrogen-bond acceptors (Lipinski definition) is 4. The first-order chi connectivity index (χ1) is 15.8. The van der Waals surface area contributed by atoms with Crippen LogP contribution in [0.25, 0.3) is 0 Å². The molecule has 0 saturated heterocycles. The number of amides is 1. The van der Waals surface area contributed by atoms with E-state index < -0.39 is 10.0 Å². The van der Waals surface area contributed by atoms with Gasteiger partial charge in [-0.1, -0.05) is 48.0 Å². The number of hydrogen-bond donors (Lipinski definition) is 1. The van der Waals surface area contributed by atoms with Gasteiger partial charge in [0, 0.05) is 23.1 Å². The van der Waals surface area contributed by atoms with Crippen LogP contribution < -0.4 is 9.62 Å². The molecule has 1 N–H and O–H groups in total. The Balaban J connectivity index is 1.65. The predicted molar refractivity (Wildman–Crippen MR) is 138 cm³/mol. The van der Waals surface area contributed by atoms with E-state index in [9.17, 15) is 13.2 Å². The SMILES string of the molecule is Cc1cc(C)cc(N(CC(=O)NCCSCc2ccc(Cl)cc2)S(=O)(=O)c2ccccc2)c1. The van der Waals surface area contributed by atoms with E-state index in [1.165, 1.54) is 16.4 Å². The van der Waals surface area contributed by atoms with E-state index in [1.54, 1.807) is 42.1 Å². The molecule has 5 nitrogen and oxygen atoms in total. The highest BCUT2D eigenvalue weighted by molar-refractivity contribution is 7.98. The topological polar surface area (TPSA) is 66.5 Å². The summed E-state index contributed by atoms with van der Waals surface area (Å²) in [4.78, 5) is 12.9. The largest absolute Gasteiger partial charge is 0.354 e. The van der Waals surface area contributed by atoms with Crippen molar-refractivity contribution in [1.82, 2.24) is 5.32 Å². The Bertz CT molecular complexity index is 1160. The van der Waals surface area contributed by atoms with Gasteiger partial charge in [0.2, 0.25) is 5.91 Å². The van der Waals surface area contributed by atoms with Crippen molar-refractivity contribution in [3.63, 3.8) is 0 Å². The molecule has 0 radical (unpaired) electrons. The summed E-state index contributed by atoms with van der Waals surface area (Å²) in [6, 6.07) is 21.4. The van der Waals surface area contributed by atoms with Gasteiger partial charge in [0.15, 0.2) is 0 Å². The number of thioether (sulfide) groups is 1. The van der Waals surface area contributed by atoms with Crippen molar-refractivity contribution >= 4 is 45.0 Å². The lowest BCUT2D eigenvalue weighted by molar-refractivity contribution is -0.119. The lowest BCUT2D eigenvalue weighted by Gasteiger charge is -2.25. The molecule has 0 fully saturated rings. The van der Waals surface area contributed by atoms with E-state index in [-0.39, 0.29) is 17.3 Å². The molecule has 0 aliphatic rings. The predicted octanol–water partition coefficient (Wildman–Crippen LogP) is 5.20. The number of sulfonamides is 1. The average Bonchev–Trinajstić information content (AvgIpc) is 2.78. The second kappa shape index (κ2) is 11.6. The van der Waals surface area contributed by atoms with E-state index in [1.807, 2.05) is 44.2 Å². The van der Waals surface area contributed by atoms with Crippen LogP contribution in [0.1, 0.15) is 16.7 Å². The monoisotopic (exact) mass is 502 g/mol. The fraction of sp³-hybridized carbons (Fsp3) is 0.240. The number of nitrogens with zero attached hydrogens (tertiary/aromatic N) is 1. The molecule has 0 atom stereocenters. The van der Waals surface area contributed by atoms with E-state index >= 15 is 0 Å². The molecule has 0 spiro atoms. The molecule has 3 rings (SSSR count). The third-order valence-electron chi connectivity index (χ3n) is 4.86. The van der Waals surface area contributed by atoms with Crippen LogP contribution in [0.3, 0.4) is 0 Å². The fourth-order valence-electron chi connectivity index (χ4n) is 3.35. The minimum atomic E-state index is -3.90. The smallest absolute Gasteiger partial charge is 0.264 e. The number of aryl methyl sites for hydroxylation is 2. The van der Waals surface area contributed by atoms with Crippen LogP contribution in [0, 0.1) is 13.8 Å². The zero-order valence-electron chi connectivity index (χ0n) is 18.6. The van der Waals surface area contributed by atoms with Crippen molar-refractivity contribution in [2.45, 2.75) is 24.5 Å². The van der Waals surface area contributed by atoms with Crippen LogP contribution in [0.5, 0.6) is 0 Å². The van der Waals surface area contributed by atoms with Gasteiger partial charge in [-0.2, -0.15) is 11.8 Å². The normalized spacial score (nSPS) is 11.2. The maximum Gasteiger partial charge on any atom is 0.264 e. The van der Waals surface area contributed by atoms with Gasteiger partial charge < -0.3 is 5.32 Å². The van der Waals surface area contributed by atoms with E-state index in [0.29, 0.717) is 23.0 Å². The van der Waals surface area contributed by atoms with Crippen molar-refractivity contribution in [2.24, 2.45) is 0 Å². The van der Waals surface area contributed by atoms with Crippen molar-refractivity contribution in [3.8, 4) is 0 Å². The number of carbonyl (C=O) groups excluding carboxylic acids is 1. The van der Waals surface area contributed by atoms with Crippen molar-refractivity contribution in [1.29, 1.82) is 0 Å². The zero-order valence-corrected chi connectivity index (χ0v) is 21.0. The first-order valence-electron chi connectivity index (χ1n) is 10.5. The quantitative estimate of drug-likeness (QED) is 0.387. The Morgan fingerprint density at radius 2 is 1.61 bits per heavy atom. The average molecular weight is 503 g/mol. The Morgan fingerprint density at radius 1 is 0.970 bits per heavy atom. The lowest BCUT2D eigenvalue weighted by Crippen LogP contribution is -2.41. The molecular formula is C25H27ClN2O3S2. The summed E-state index contributed by atoms with van der Waals surface area (Å²) < 4.78 is 27.9. The molecule has 0 aliphatic heterocycles. The van der Waals surface area contributed by atoms with Gasteiger partial charge in [0.1, 0.15) is 6.54 Å². The molecule has 33 heavy (non-hydrogen) atoms. The molecular weight excluding hydrogens is 476 g/mol. The van der Waals surface area contributed by atoms with Gasteiger partial charge in [0.05, 0.1) is 10.6 Å². The van der Waals surface area contributed by atoms with Gasteiger partial charge in [0.25, 0.3) is 10.0 Å². The number of benzene rings is 3. The third kappa shape index (κ3) is 7.25. The standard InChI is InChI=1S/C25H27ClN2O3S2/c1-19-14-20(2)16-23(15-19)28(33(30,31)24-6-4-3-5-7-24)17-25(29)27-12-13-32-18-21-8-10-22(26)11-9-21/h3-11,14-16H,12-13,17-18H2,1-2H3,(H,27,29). The van der Waals surface area contributed by atoms with Crippen LogP contribution in [-0.4, -0.2) is 33.2 Å². The summed E-state index contributed by atoms with van der Waals surface area (Å²) in [7, 11) is -3.90. The van der Waals surface area contributed by atoms with Crippen LogP contribution in [-0.2, 0) is 20.6 Å². The molecule has 0 unspecified atom stereocenters. The molecule has 8 heteroatoms. The van der Waals surface area contributed by atoms with Gasteiger partial charge >= 0.3 is 0 Å². The maximum absolute atomic E-state index is 13.4. The van der Waals surface area contributed by atoms with Crippen LogP contribution in [0.2, 0.25) is 5.02 Å². The van der Waals surface area contributed by atoms with Gasteiger partial charge in [-0.25, -0.2) is 8.42 Å². The first kappa shape index (κ1) is 25.1. The van der Waals surface area contributed by atoms with Gasteiger partial charge in [-0.3, -0.25) is 9.10 Å². The fourth-order valence-corrected chi connectivity index (χ4v) is 5.72. The van der Waals surface area contributed by atoms with Crippen LogP contribution in [0.15, 0.2) is 77.7 Å². The van der Waals surface area contributed by atoms with E-state index in [0.717, 1.165) is 22.4 Å². The molecule has 0 aliphatic carbocycles. The first-order valence-corrected chi connectivity index (χ1v) is 13.5. The molecule has 3 aromatic rings. The maximum atomic E-state index is 13.4. The van der Waals surface area contributed by atoms with Crippen LogP contribution in [0.4, 0.5) is 5.69 Å². The third-order valence-corrected chi connectivity index (χ3v) is 7.93.